The van der Waals surface area contributed by atoms with Crippen molar-refractivity contribution in [3.63, 3.8) is 0 Å². The SMILES string of the molecule is CCOc1cc(OC)c2cccc(SC)c2c1. The standard InChI is InChI=1S/C14H16O2S/c1-4-16-10-8-12-11(13(9-10)15-2)6-5-7-14(12)17-3/h5-9H,4H2,1-3H3. The average molecular weight is 248 g/mol. The highest BCUT2D eigenvalue weighted by Crippen LogP contribution is 2.35. The molecule has 0 atom stereocenters. The lowest BCUT2D eigenvalue weighted by molar-refractivity contribution is 0.337. The summed E-state index contributed by atoms with van der Waals surface area (Å²) in [6, 6.07) is 10.3. The van der Waals surface area contributed by atoms with Crippen LogP contribution in [0, 0.1) is 0 Å². The smallest absolute Gasteiger partial charge is 0.130 e. The third-order valence-corrected chi connectivity index (χ3v) is 3.44. The summed E-state index contributed by atoms with van der Waals surface area (Å²) in [6.07, 6.45) is 2.08. The molecule has 0 aliphatic carbocycles. The van der Waals surface area contributed by atoms with Gasteiger partial charge in [-0.3, -0.25) is 0 Å². The Hall–Kier alpha value is -1.35. The fraction of sp³-hybridized carbons (Fsp3) is 0.286. The molecule has 0 heterocycles. The molecule has 0 amide bonds. The van der Waals surface area contributed by atoms with E-state index in [1.165, 1.54) is 10.3 Å². The number of thioether (sulfide) groups is 1. The predicted octanol–water partition coefficient (Wildman–Crippen LogP) is 3.97. The average Bonchev–Trinajstić information content (AvgIpc) is 2.37. The zero-order chi connectivity index (χ0) is 12.3. The van der Waals surface area contributed by atoms with Crippen molar-refractivity contribution in [2.45, 2.75) is 11.8 Å². The van der Waals surface area contributed by atoms with E-state index in [0.717, 1.165) is 16.9 Å². The van der Waals surface area contributed by atoms with E-state index in [-0.39, 0.29) is 0 Å². The second-order valence-electron chi connectivity index (χ2n) is 3.61. The molecule has 2 aromatic rings. The van der Waals surface area contributed by atoms with E-state index in [4.69, 9.17) is 9.47 Å². The minimum Gasteiger partial charge on any atom is -0.496 e. The molecule has 0 spiro atoms. The van der Waals surface area contributed by atoms with Crippen molar-refractivity contribution in [1.29, 1.82) is 0 Å². The van der Waals surface area contributed by atoms with E-state index < -0.39 is 0 Å². The van der Waals surface area contributed by atoms with Crippen LogP contribution in [0.15, 0.2) is 35.2 Å². The first-order valence-electron chi connectivity index (χ1n) is 5.57. The highest BCUT2D eigenvalue weighted by Gasteiger charge is 2.08. The maximum absolute atomic E-state index is 5.57. The first-order valence-corrected chi connectivity index (χ1v) is 6.80. The van der Waals surface area contributed by atoms with Crippen LogP contribution in [-0.4, -0.2) is 20.0 Å². The van der Waals surface area contributed by atoms with Crippen molar-refractivity contribution < 1.29 is 9.47 Å². The lowest BCUT2D eigenvalue weighted by Crippen LogP contribution is -1.93. The lowest BCUT2D eigenvalue weighted by atomic mass is 10.1. The van der Waals surface area contributed by atoms with E-state index in [9.17, 15) is 0 Å². The normalized spacial score (nSPS) is 10.5. The van der Waals surface area contributed by atoms with Crippen molar-refractivity contribution in [3.8, 4) is 11.5 Å². The zero-order valence-electron chi connectivity index (χ0n) is 10.3. The Morgan fingerprint density at radius 2 is 2.00 bits per heavy atom. The van der Waals surface area contributed by atoms with Gasteiger partial charge in [0.2, 0.25) is 0 Å². The topological polar surface area (TPSA) is 18.5 Å². The van der Waals surface area contributed by atoms with Crippen LogP contribution in [0.3, 0.4) is 0 Å². The van der Waals surface area contributed by atoms with Gasteiger partial charge in [-0.25, -0.2) is 0 Å². The minimum atomic E-state index is 0.663. The number of fused-ring (bicyclic) bond motifs is 1. The molecule has 2 aromatic carbocycles. The Morgan fingerprint density at radius 3 is 2.65 bits per heavy atom. The highest BCUT2D eigenvalue weighted by atomic mass is 32.2. The molecule has 0 aliphatic heterocycles. The summed E-state index contributed by atoms with van der Waals surface area (Å²) in [5.74, 6) is 1.72. The summed E-state index contributed by atoms with van der Waals surface area (Å²) >= 11 is 1.73. The predicted molar refractivity (Wildman–Crippen MR) is 73.5 cm³/mol. The number of benzene rings is 2. The fourth-order valence-corrected chi connectivity index (χ4v) is 2.50. The summed E-state index contributed by atoms with van der Waals surface area (Å²) in [4.78, 5) is 1.24. The van der Waals surface area contributed by atoms with E-state index in [1.54, 1.807) is 18.9 Å². The van der Waals surface area contributed by atoms with Crippen LogP contribution >= 0.6 is 11.8 Å². The van der Waals surface area contributed by atoms with Crippen molar-refractivity contribution in [2.75, 3.05) is 20.0 Å². The van der Waals surface area contributed by atoms with E-state index in [0.29, 0.717) is 6.61 Å². The summed E-state index contributed by atoms with van der Waals surface area (Å²) in [7, 11) is 1.69. The molecule has 0 N–H and O–H groups in total. The molecule has 17 heavy (non-hydrogen) atoms. The van der Waals surface area contributed by atoms with Gasteiger partial charge >= 0.3 is 0 Å². The van der Waals surface area contributed by atoms with Crippen LogP contribution in [0.1, 0.15) is 6.92 Å². The minimum absolute atomic E-state index is 0.663. The van der Waals surface area contributed by atoms with Crippen LogP contribution in [0.5, 0.6) is 11.5 Å². The monoisotopic (exact) mass is 248 g/mol. The summed E-state index contributed by atoms with van der Waals surface area (Å²) in [5, 5.41) is 2.31. The van der Waals surface area contributed by atoms with E-state index in [1.807, 2.05) is 13.0 Å². The second-order valence-corrected chi connectivity index (χ2v) is 4.46. The van der Waals surface area contributed by atoms with Crippen LogP contribution in [0.4, 0.5) is 0 Å². The quantitative estimate of drug-likeness (QED) is 0.763. The van der Waals surface area contributed by atoms with Gasteiger partial charge in [0.1, 0.15) is 11.5 Å². The van der Waals surface area contributed by atoms with Crippen molar-refractivity contribution in [3.05, 3.63) is 30.3 Å². The number of rotatable bonds is 4. The number of hydrogen-bond acceptors (Lipinski definition) is 3. The summed E-state index contributed by atoms with van der Waals surface area (Å²) in [5.41, 5.74) is 0. The van der Waals surface area contributed by atoms with Crippen LogP contribution in [-0.2, 0) is 0 Å². The van der Waals surface area contributed by atoms with Crippen LogP contribution < -0.4 is 9.47 Å². The van der Waals surface area contributed by atoms with Gasteiger partial charge in [-0.05, 0) is 25.3 Å². The lowest BCUT2D eigenvalue weighted by Gasteiger charge is -2.11. The molecule has 3 heteroatoms. The molecule has 0 bridgehead atoms. The molecule has 0 radical (unpaired) electrons. The molecular weight excluding hydrogens is 232 g/mol. The largest absolute Gasteiger partial charge is 0.496 e. The van der Waals surface area contributed by atoms with Crippen molar-refractivity contribution in [1.82, 2.24) is 0 Å². The summed E-state index contributed by atoms with van der Waals surface area (Å²) < 4.78 is 11.0. The van der Waals surface area contributed by atoms with E-state index in [2.05, 4.69) is 30.5 Å². The maximum atomic E-state index is 5.57. The molecule has 90 valence electrons. The van der Waals surface area contributed by atoms with Gasteiger partial charge in [-0.15, -0.1) is 11.8 Å². The molecule has 0 unspecified atom stereocenters. The Morgan fingerprint density at radius 1 is 1.18 bits per heavy atom. The summed E-state index contributed by atoms with van der Waals surface area (Å²) in [6.45, 7) is 2.65. The number of ether oxygens (including phenoxy) is 2. The third-order valence-electron chi connectivity index (χ3n) is 2.64. The highest BCUT2D eigenvalue weighted by molar-refractivity contribution is 7.98. The number of methoxy groups -OCH3 is 1. The van der Waals surface area contributed by atoms with Crippen LogP contribution in [0.2, 0.25) is 0 Å². The first-order chi connectivity index (χ1) is 8.30. The molecule has 0 fully saturated rings. The van der Waals surface area contributed by atoms with Gasteiger partial charge in [0, 0.05) is 21.7 Å². The van der Waals surface area contributed by atoms with Gasteiger partial charge in [-0.2, -0.15) is 0 Å². The molecule has 0 saturated heterocycles. The second kappa shape index (κ2) is 5.32. The first kappa shape index (κ1) is 12.1. The maximum Gasteiger partial charge on any atom is 0.130 e. The molecular formula is C14H16O2S. The van der Waals surface area contributed by atoms with Gasteiger partial charge in [0.25, 0.3) is 0 Å². The molecule has 0 saturated carbocycles. The Kier molecular flexibility index (Phi) is 3.79. The number of hydrogen-bond donors (Lipinski definition) is 0. The molecule has 0 aliphatic rings. The van der Waals surface area contributed by atoms with Crippen molar-refractivity contribution >= 4 is 22.5 Å². The van der Waals surface area contributed by atoms with Gasteiger partial charge in [-0.1, -0.05) is 12.1 Å². The zero-order valence-corrected chi connectivity index (χ0v) is 11.1. The van der Waals surface area contributed by atoms with Gasteiger partial charge in [0.15, 0.2) is 0 Å². The Balaban J connectivity index is 2.68. The Bertz CT molecular complexity index is 523. The van der Waals surface area contributed by atoms with Crippen LogP contribution in [0.25, 0.3) is 10.8 Å². The molecule has 2 nitrogen and oxygen atoms in total. The Labute approximate surface area is 106 Å². The third kappa shape index (κ3) is 2.34. The van der Waals surface area contributed by atoms with E-state index >= 15 is 0 Å². The molecule has 2 rings (SSSR count). The van der Waals surface area contributed by atoms with Crippen molar-refractivity contribution in [2.24, 2.45) is 0 Å². The molecule has 0 aromatic heterocycles. The van der Waals surface area contributed by atoms with Gasteiger partial charge in [0.05, 0.1) is 13.7 Å². The van der Waals surface area contributed by atoms with Gasteiger partial charge < -0.3 is 9.47 Å². The fourth-order valence-electron chi connectivity index (χ4n) is 1.90.